The van der Waals surface area contributed by atoms with Crippen LogP contribution in [-0.2, 0) is 27.7 Å². The molecule has 0 unspecified atom stereocenters. The van der Waals surface area contributed by atoms with Crippen molar-refractivity contribution in [2.45, 2.75) is 26.9 Å². The Labute approximate surface area is 277 Å². The zero-order valence-corrected chi connectivity index (χ0v) is 27.9. The molecule has 4 aromatic rings. The predicted octanol–water partition coefficient (Wildman–Crippen LogP) is 2.98. The van der Waals surface area contributed by atoms with Gasteiger partial charge in [-0.15, -0.1) is 0 Å². The molecule has 4 aliphatic rings. The van der Waals surface area contributed by atoms with Crippen molar-refractivity contribution in [3.8, 4) is 6.07 Å². The minimum absolute atomic E-state index is 0.00370. The Morgan fingerprint density at radius 1 is 0.766 bits per heavy atom. The van der Waals surface area contributed by atoms with Crippen LogP contribution in [0.25, 0.3) is 21.8 Å². The molecule has 2 aromatic carbocycles. The van der Waals surface area contributed by atoms with Crippen molar-refractivity contribution in [1.29, 1.82) is 5.26 Å². The number of anilines is 2. The van der Waals surface area contributed by atoms with Gasteiger partial charge in [-0.25, -0.2) is 8.42 Å². The fourth-order valence-corrected chi connectivity index (χ4v) is 8.71. The van der Waals surface area contributed by atoms with E-state index in [0.29, 0.717) is 49.0 Å². The lowest BCUT2D eigenvalue weighted by Crippen LogP contribution is -2.41. The molecule has 6 heterocycles. The van der Waals surface area contributed by atoms with Crippen molar-refractivity contribution in [2.75, 3.05) is 73.8 Å². The third kappa shape index (κ3) is 5.48. The Kier molecular flexibility index (Phi) is 8.06. The van der Waals surface area contributed by atoms with E-state index in [4.69, 9.17) is 16.3 Å². The summed E-state index contributed by atoms with van der Waals surface area (Å²) in [6, 6.07) is 9.77. The monoisotopic (exact) mass is 677 g/mol. The average Bonchev–Trinajstić information content (AvgIpc) is 3.52. The number of benzene rings is 2. The number of morpholine rings is 1. The average molecular weight is 678 g/mol. The third-order valence-electron chi connectivity index (χ3n) is 9.58. The van der Waals surface area contributed by atoms with Crippen molar-refractivity contribution in [3.05, 3.63) is 57.4 Å². The molecule has 2 amide bonds. The number of hydrogen-bond donors (Lipinski definition) is 2. The summed E-state index contributed by atoms with van der Waals surface area (Å²) in [7, 11) is -2.99. The molecule has 47 heavy (non-hydrogen) atoms. The van der Waals surface area contributed by atoms with Gasteiger partial charge >= 0.3 is 0 Å². The van der Waals surface area contributed by atoms with Crippen molar-refractivity contribution in [3.63, 3.8) is 0 Å². The van der Waals surface area contributed by atoms with Gasteiger partial charge in [0.2, 0.25) is 0 Å². The molecule has 0 spiro atoms. The SMILES string of the molecule is Cc1c2n(c3c(N4CCOCC4)cc(Cl)cc13)CCNC2=O.Cc1c2n(c3c(N4CCS(=O)(=O)CC4)cc(C#N)cc13)CCNC2=O. The van der Waals surface area contributed by atoms with Crippen LogP contribution in [0, 0.1) is 25.2 Å². The maximum absolute atomic E-state index is 12.3. The van der Waals surface area contributed by atoms with E-state index < -0.39 is 9.84 Å². The summed E-state index contributed by atoms with van der Waals surface area (Å²) in [6.45, 7) is 10.5. The number of nitrogens with one attached hydrogen (secondary N) is 2. The lowest BCUT2D eigenvalue weighted by Gasteiger charge is -2.30. The first kappa shape index (κ1) is 31.4. The highest BCUT2D eigenvalue weighted by Crippen LogP contribution is 2.38. The maximum Gasteiger partial charge on any atom is 0.268 e. The first-order valence-electron chi connectivity index (χ1n) is 15.8. The number of aryl methyl sites for hydroxylation is 2. The van der Waals surface area contributed by atoms with Crippen LogP contribution in [-0.4, -0.2) is 93.4 Å². The molecule has 14 heteroatoms. The Bertz CT molecular complexity index is 2090. The number of carbonyl (C=O) groups excluding carboxylic acids is 2. The Hall–Kier alpha value is -4.25. The van der Waals surface area contributed by atoms with Gasteiger partial charge in [0.1, 0.15) is 11.4 Å². The van der Waals surface area contributed by atoms with Gasteiger partial charge in [0, 0.05) is 68.2 Å². The zero-order chi connectivity index (χ0) is 33.0. The topological polar surface area (TPSA) is 142 Å². The molecule has 0 bridgehead atoms. The number of carbonyl (C=O) groups is 2. The second-order valence-corrected chi connectivity index (χ2v) is 15.1. The maximum atomic E-state index is 12.3. The summed E-state index contributed by atoms with van der Waals surface area (Å²) in [4.78, 5) is 28.9. The Morgan fingerprint density at radius 2 is 1.28 bits per heavy atom. The number of fused-ring (bicyclic) bond motifs is 6. The summed E-state index contributed by atoms with van der Waals surface area (Å²) in [5, 5.41) is 17.8. The number of rotatable bonds is 2. The Morgan fingerprint density at radius 3 is 1.83 bits per heavy atom. The highest BCUT2D eigenvalue weighted by Gasteiger charge is 2.30. The third-order valence-corrected chi connectivity index (χ3v) is 11.4. The summed E-state index contributed by atoms with van der Waals surface area (Å²) in [5.74, 6) is 0.117. The highest BCUT2D eigenvalue weighted by atomic mass is 35.5. The van der Waals surface area contributed by atoms with Gasteiger partial charge in [0.15, 0.2) is 9.84 Å². The van der Waals surface area contributed by atoms with Crippen LogP contribution in [0.2, 0.25) is 5.02 Å². The summed E-state index contributed by atoms with van der Waals surface area (Å²) >= 11 is 6.35. The zero-order valence-electron chi connectivity index (χ0n) is 26.4. The van der Waals surface area contributed by atoms with E-state index in [2.05, 4.69) is 26.2 Å². The van der Waals surface area contributed by atoms with E-state index >= 15 is 0 Å². The molecule has 2 N–H and O–H groups in total. The fraction of sp³-hybridized carbons (Fsp3) is 0.424. The van der Waals surface area contributed by atoms with Crippen LogP contribution in [0.1, 0.15) is 37.7 Å². The molecule has 2 aromatic heterocycles. The molecule has 0 radical (unpaired) electrons. The largest absolute Gasteiger partial charge is 0.378 e. The number of amides is 2. The van der Waals surface area contributed by atoms with Crippen molar-refractivity contribution >= 4 is 66.4 Å². The van der Waals surface area contributed by atoms with E-state index in [0.717, 1.165) is 82.8 Å². The molecule has 4 aliphatic heterocycles. The van der Waals surface area contributed by atoms with Gasteiger partial charge in [0.05, 0.1) is 58.8 Å². The minimum atomic E-state index is -2.99. The first-order valence-corrected chi connectivity index (χ1v) is 18.0. The van der Waals surface area contributed by atoms with E-state index in [1.165, 1.54) is 0 Å². The molecular formula is C33H36ClN7O5S. The molecule has 0 saturated carbocycles. The summed E-state index contributed by atoms with van der Waals surface area (Å²) < 4.78 is 33.1. The molecule has 246 valence electrons. The fourth-order valence-electron chi connectivity index (χ4n) is 7.29. The van der Waals surface area contributed by atoms with Crippen molar-refractivity contribution in [1.82, 2.24) is 19.8 Å². The van der Waals surface area contributed by atoms with E-state index in [1.807, 2.05) is 41.5 Å². The van der Waals surface area contributed by atoms with Crippen molar-refractivity contribution < 1.29 is 22.7 Å². The van der Waals surface area contributed by atoms with Crippen LogP contribution >= 0.6 is 11.6 Å². The number of nitriles is 1. The van der Waals surface area contributed by atoms with Crippen LogP contribution < -0.4 is 20.4 Å². The quantitative estimate of drug-likeness (QED) is 0.330. The number of ether oxygens (including phenoxy) is 1. The molecule has 8 rings (SSSR count). The van der Waals surface area contributed by atoms with E-state index in [-0.39, 0.29) is 23.3 Å². The normalized spacial score (nSPS) is 18.9. The van der Waals surface area contributed by atoms with Crippen LogP contribution in [0.4, 0.5) is 11.4 Å². The molecule has 0 atom stereocenters. The highest BCUT2D eigenvalue weighted by molar-refractivity contribution is 7.91. The molecule has 0 aliphatic carbocycles. The van der Waals surface area contributed by atoms with Gasteiger partial charge in [-0.3, -0.25) is 9.59 Å². The molecule has 2 saturated heterocycles. The standard InChI is InChI=1S/C17H18N4O3S.C16H18ClN3O2/c1-11-13-8-12(10-18)9-14(20-4-6-25(23,24)7-5-20)16(13)21-3-2-19-17(22)15(11)21;1-10-12-8-11(17)9-13(19-4-6-22-7-5-19)15(12)20-3-2-18-16(21)14(10)20/h8-9H,2-7H2,1H3,(H,19,22);8-9H,2-7H2,1H3,(H,18,21). The number of halogens is 1. The number of hydrogen-bond acceptors (Lipinski definition) is 8. The van der Waals surface area contributed by atoms with Crippen LogP contribution in [0.15, 0.2) is 24.3 Å². The van der Waals surface area contributed by atoms with Gasteiger partial charge in [0.25, 0.3) is 11.8 Å². The van der Waals surface area contributed by atoms with Crippen LogP contribution in [0.3, 0.4) is 0 Å². The smallest absolute Gasteiger partial charge is 0.268 e. The Balaban J connectivity index is 0.000000151. The van der Waals surface area contributed by atoms with Gasteiger partial charge in [-0.1, -0.05) is 11.6 Å². The second-order valence-electron chi connectivity index (χ2n) is 12.3. The lowest BCUT2D eigenvalue weighted by atomic mass is 10.1. The first-order chi connectivity index (χ1) is 22.6. The number of nitrogens with zero attached hydrogens (tertiary/aromatic N) is 5. The predicted molar refractivity (Wildman–Crippen MR) is 182 cm³/mol. The lowest BCUT2D eigenvalue weighted by molar-refractivity contribution is 0.0920. The van der Waals surface area contributed by atoms with Crippen molar-refractivity contribution in [2.24, 2.45) is 0 Å². The second kappa shape index (κ2) is 12.1. The minimum Gasteiger partial charge on any atom is -0.378 e. The molecule has 2 fully saturated rings. The van der Waals surface area contributed by atoms with E-state index in [1.54, 1.807) is 6.07 Å². The van der Waals surface area contributed by atoms with Gasteiger partial charge in [-0.05, 0) is 49.2 Å². The van der Waals surface area contributed by atoms with E-state index in [9.17, 15) is 23.3 Å². The van der Waals surface area contributed by atoms with Gasteiger partial charge in [-0.2, -0.15) is 5.26 Å². The summed E-state index contributed by atoms with van der Waals surface area (Å²) in [6.07, 6.45) is 0. The number of sulfone groups is 1. The molecular weight excluding hydrogens is 642 g/mol. The van der Waals surface area contributed by atoms with Gasteiger partial charge < -0.3 is 34.3 Å². The molecule has 12 nitrogen and oxygen atoms in total. The summed E-state index contributed by atoms with van der Waals surface area (Å²) in [5.41, 5.74) is 7.75. The number of aromatic nitrogens is 2. The van der Waals surface area contributed by atoms with Crippen LogP contribution in [0.5, 0.6) is 0 Å².